The standard InChI is InChI=1S/C18H17Cl2N/c1-3-4-13-8-12-9-15(17(20)10-18(12)21-13)14-6-5-11(2)7-16(14)19/h5-10,21H,3-4H2,1-2H3. The molecule has 0 aliphatic rings. The number of benzene rings is 2. The van der Waals surface area contributed by atoms with Gasteiger partial charge in [-0.25, -0.2) is 0 Å². The number of hydrogen-bond acceptors (Lipinski definition) is 0. The van der Waals surface area contributed by atoms with Crippen LogP contribution in [0.3, 0.4) is 0 Å². The van der Waals surface area contributed by atoms with E-state index in [1.807, 2.05) is 25.1 Å². The van der Waals surface area contributed by atoms with Crippen LogP contribution >= 0.6 is 23.2 Å². The van der Waals surface area contributed by atoms with Gasteiger partial charge in [-0.15, -0.1) is 0 Å². The van der Waals surface area contributed by atoms with Crippen molar-refractivity contribution in [3.8, 4) is 11.1 Å². The summed E-state index contributed by atoms with van der Waals surface area (Å²) in [6, 6.07) is 12.4. The highest BCUT2D eigenvalue weighted by Crippen LogP contribution is 2.36. The van der Waals surface area contributed by atoms with Gasteiger partial charge in [-0.2, -0.15) is 0 Å². The van der Waals surface area contributed by atoms with Gasteiger partial charge in [0.2, 0.25) is 0 Å². The highest BCUT2D eigenvalue weighted by Gasteiger charge is 2.11. The van der Waals surface area contributed by atoms with Crippen molar-refractivity contribution in [3.63, 3.8) is 0 Å². The van der Waals surface area contributed by atoms with E-state index >= 15 is 0 Å². The number of fused-ring (bicyclic) bond motifs is 1. The molecule has 0 spiro atoms. The minimum absolute atomic E-state index is 0.721. The van der Waals surface area contributed by atoms with E-state index in [0.717, 1.165) is 45.1 Å². The van der Waals surface area contributed by atoms with Crippen molar-refractivity contribution >= 4 is 34.1 Å². The zero-order valence-electron chi connectivity index (χ0n) is 12.1. The average molecular weight is 318 g/mol. The molecule has 0 bridgehead atoms. The van der Waals surface area contributed by atoms with Crippen LogP contribution in [0, 0.1) is 6.92 Å². The predicted octanol–water partition coefficient (Wildman–Crippen LogP) is 6.40. The summed E-state index contributed by atoms with van der Waals surface area (Å²) >= 11 is 12.8. The normalized spacial score (nSPS) is 11.2. The molecule has 0 aliphatic carbocycles. The summed E-state index contributed by atoms with van der Waals surface area (Å²) in [7, 11) is 0. The van der Waals surface area contributed by atoms with Gasteiger partial charge in [-0.3, -0.25) is 0 Å². The van der Waals surface area contributed by atoms with Gasteiger partial charge in [-0.1, -0.05) is 48.7 Å². The van der Waals surface area contributed by atoms with Crippen LogP contribution in [0.1, 0.15) is 24.6 Å². The summed E-state index contributed by atoms with van der Waals surface area (Å²) < 4.78 is 0. The fraction of sp³-hybridized carbons (Fsp3) is 0.222. The first-order chi connectivity index (χ1) is 10.1. The fourth-order valence-electron chi connectivity index (χ4n) is 2.66. The van der Waals surface area contributed by atoms with E-state index in [2.05, 4.69) is 30.1 Å². The first-order valence-electron chi connectivity index (χ1n) is 7.16. The Morgan fingerprint density at radius 3 is 2.43 bits per heavy atom. The predicted molar refractivity (Wildman–Crippen MR) is 92.5 cm³/mol. The topological polar surface area (TPSA) is 15.8 Å². The summed E-state index contributed by atoms with van der Waals surface area (Å²) in [6.07, 6.45) is 2.17. The summed E-state index contributed by atoms with van der Waals surface area (Å²) in [4.78, 5) is 3.42. The van der Waals surface area contributed by atoms with E-state index in [1.54, 1.807) is 0 Å². The van der Waals surface area contributed by atoms with Crippen molar-refractivity contribution in [2.24, 2.45) is 0 Å². The Balaban J connectivity index is 2.15. The van der Waals surface area contributed by atoms with Crippen LogP contribution in [0.5, 0.6) is 0 Å². The van der Waals surface area contributed by atoms with Crippen molar-refractivity contribution in [3.05, 3.63) is 57.7 Å². The molecule has 108 valence electrons. The zero-order chi connectivity index (χ0) is 15.0. The number of rotatable bonds is 3. The van der Waals surface area contributed by atoms with Crippen LogP contribution in [-0.4, -0.2) is 4.98 Å². The van der Waals surface area contributed by atoms with Crippen LogP contribution in [0.25, 0.3) is 22.0 Å². The van der Waals surface area contributed by atoms with Crippen LogP contribution < -0.4 is 0 Å². The Kier molecular flexibility index (Phi) is 3.97. The molecular formula is C18H17Cl2N. The lowest BCUT2D eigenvalue weighted by molar-refractivity contribution is 0.896. The molecule has 0 radical (unpaired) electrons. The highest BCUT2D eigenvalue weighted by atomic mass is 35.5. The van der Waals surface area contributed by atoms with Crippen molar-refractivity contribution < 1.29 is 0 Å². The molecular weight excluding hydrogens is 301 g/mol. The second-order valence-corrected chi connectivity index (χ2v) is 6.26. The maximum atomic E-state index is 6.46. The third kappa shape index (κ3) is 2.81. The molecule has 1 heterocycles. The maximum Gasteiger partial charge on any atom is 0.0506 e. The molecule has 1 nitrogen and oxygen atoms in total. The van der Waals surface area contributed by atoms with Crippen molar-refractivity contribution in [2.45, 2.75) is 26.7 Å². The second-order valence-electron chi connectivity index (χ2n) is 5.45. The van der Waals surface area contributed by atoms with E-state index in [1.165, 1.54) is 11.1 Å². The van der Waals surface area contributed by atoms with Crippen molar-refractivity contribution in [1.29, 1.82) is 0 Å². The Morgan fingerprint density at radius 2 is 1.71 bits per heavy atom. The van der Waals surface area contributed by atoms with Crippen LogP contribution in [-0.2, 0) is 6.42 Å². The molecule has 1 aromatic heterocycles. The highest BCUT2D eigenvalue weighted by molar-refractivity contribution is 6.37. The number of hydrogen-bond donors (Lipinski definition) is 1. The molecule has 0 aliphatic heterocycles. The third-order valence-corrected chi connectivity index (χ3v) is 4.32. The van der Waals surface area contributed by atoms with Gasteiger partial charge in [0.15, 0.2) is 0 Å². The van der Waals surface area contributed by atoms with E-state index in [9.17, 15) is 0 Å². The number of aromatic amines is 1. The van der Waals surface area contributed by atoms with E-state index in [-0.39, 0.29) is 0 Å². The molecule has 0 unspecified atom stereocenters. The first-order valence-corrected chi connectivity index (χ1v) is 7.91. The van der Waals surface area contributed by atoms with Gasteiger partial charge in [0.1, 0.15) is 0 Å². The van der Waals surface area contributed by atoms with Crippen molar-refractivity contribution in [2.75, 3.05) is 0 Å². The van der Waals surface area contributed by atoms with Crippen molar-refractivity contribution in [1.82, 2.24) is 4.98 Å². The lowest BCUT2D eigenvalue weighted by Gasteiger charge is -2.08. The van der Waals surface area contributed by atoms with E-state index < -0.39 is 0 Å². The van der Waals surface area contributed by atoms with E-state index in [4.69, 9.17) is 23.2 Å². The summed E-state index contributed by atoms with van der Waals surface area (Å²) in [5.41, 5.74) is 5.43. The van der Waals surface area contributed by atoms with Gasteiger partial charge in [0.25, 0.3) is 0 Å². The van der Waals surface area contributed by atoms with E-state index in [0.29, 0.717) is 0 Å². The number of H-pyrrole nitrogens is 1. The minimum Gasteiger partial charge on any atom is -0.358 e. The monoisotopic (exact) mass is 317 g/mol. The number of halogens is 2. The first kappa shape index (κ1) is 14.5. The summed E-state index contributed by atoms with van der Waals surface area (Å²) in [5, 5.41) is 2.63. The largest absolute Gasteiger partial charge is 0.358 e. The van der Waals surface area contributed by atoms with Gasteiger partial charge in [0.05, 0.1) is 5.02 Å². The molecule has 1 N–H and O–H groups in total. The van der Waals surface area contributed by atoms with Gasteiger partial charge >= 0.3 is 0 Å². The zero-order valence-corrected chi connectivity index (χ0v) is 13.6. The second kappa shape index (κ2) is 5.75. The van der Waals surface area contributed by atoms with Gasteiger partial charge < -0.3 is 4.98 Å². The Morgan fingerprint density at radius 1 is 0.952 bits per heavy atom. The third-order valence-electron chi connectivity index (χ3n) is 3.70. The fourth-order valence-corrected chi connectivity index (χ4v) is 3.27. The molecule has 0 fully saturated rings. The quantitative estimate of drug-likeness (QED) is 0.575. The molecule has 0 atom stereocenters. The SMILES string of the molecule is CCCc1cc2cc(-c3ccc(C)cc3Cl)c(Cl)cc2[nH]1. The van der Waals surface area contributed by atoms with Gasteiger partial charge in [-0.05, 0) is 43.2 Å². The maximum absolute atomic E-state index is 6.46. The number of aromatic nitrogens is 1. The van der Waals surface area contributed by atoms with Gasteiger partial charge in [0, 0.05) is 32.7 Å². The minimum atomic E-state index is 0.721. The average Bonchev–Trinajstić information content (AvgIpc) is 2.80. The lowest BCUT2D eigenvalue weighted by Crippen LogP contribution is -1.83. The Bertz CT molecular complexity index is 802. The molecule has 3 aromatic rings. The lowest BCUT2D eigenvalue weighted by atomic mass is 10.0. The summed E-state index contributed by atoms with van der Waals surface area (Å²) in [5.74, 6) is 0. The molecule has 0 saturated carbocycles. The molecule has 2 aromatic carbocycles. The van der Waals surface area contributed by atoms with Crippen LogP contribution in [0.15, 0.2) is 36.4 Å². The van der Waals surface area contributed by atoms with Crippen LogP contribution in [0.2, 0.25) is 10.0 Å². The molecule has 21 heavy (non-hydrogen) atoms. The number of aryl methyl sites for hydroxylation is 2. The smallest absolute Gasteiger partial charge is 0.0506 e. The molecule has 0 saturated heterocycles. The summed E-state index contributed by atoms with van der Waals surface area (Å²) in [6.45, 7) is 4.21. The molecule has 3 rings (SSSR count). The Labute approximate surface area is 134 Å². The molecule has 0 amide bonds. The number of nitrogens with one attached hydrogen (secondary N) is 1. The van der Waals surface area contributed by atoms with Crippen LogP contribution in [0.4, 0.5) is 0 Å². The molecule has 3 heteroatoms. The Hall–Kier alpha value is -1.44.